The number of carbonyl (C=O) groups excluding carboxylic acids is 1. The van der Waals surface area contributed by atoms with Gasteiger partial charge in [-0.1, -0.05) is 0 Å². The molecular weight excluding hydrogens is 232 g/mol. The number of piperidine rings is 1. The Morgan fingerprint density at radius 1 is 1.53 bits per heavy atom. The fraction of sp³-hybridized carbons (Fsp3) is 0.538. The lowest BCUT2D eigenvalue weighted by atomic mass is 10.0. The summed E-state index contributed by atoms with van der Waals surface area (Å²) in [7, 11) is 0. The average Bonchev–Trinajstić information content (AvgIpc) is 2.68. The molecule has 2 rings (SSSR count). The molecular formula is C13H16N2OS. The summed E-state index contributed by atoms with van der Waals surface area (Å²) in [5.41, 5.74) is 1.16. The molecule has 0 N–H and O–H groups in total. The number of amides is 1. The Kier molecular flexibility index (Phi) is 3.49. The Bertz CT molecular complexity index is 453. The minimum absolute atomic E-state index is 0.0254. The van der Waals surface area contributed by atoms with E-state index in [4.69, 9.17) is 5.26 Å². The predicted molar refractivity (Wildman–Crippen MR) is 68.1 cm³/mol. The Labute approximate surface area is 106 Å². The minimum atomic E-state index is -0.237. The number of hydrogen-bond donors (Lipinski definition) is 0. The van der Waals surface area contributed by atoms with Gasteiger partial charge in [0.05, 0.1) is 10.9 Å². The van der Waals surface area contributed by atoms with Gasteiger partial charge in [-0.05, 0) is 44.7 Å². The minimum Gasteiger partial charge on any atom is -0.322 e. The van der Waals surface area contributed by atoms with E-state index in [1.165, 1.54) is 16.2 Å². The zero-order chi connectivity index (χ0) is 12.4. The van der Waals surface area contributed by atoms with Gasteiger partial charge in [-0.2, -0.15) is 5.26 Å². The van der Waals surface area contributed by atoms with Crippen LogP contribution < -0.4 is 0 Å². The number of nitriles is 1. The maximum Gasteiger partial charge on any atom is 0.265 e. The molecule has 1 amide bonds. The molecule has 3 nitrogen and oxygen atoms in total. The first-order valence-electron chi connectivity index (χ1n) is 5.91. The van der Waals surface area contributed by atoms with Gasteiger partial charge in [0, 0.05) is 11.4 Å². The van der Waals surface area contributed by atoms with E-state index < -0.39 is 0 Å². The van der Waals surface area contributed by atoms with E-state index in [0.29, 0.717) is 6.54 Å². The van der Waals surface area contributed by atoms with Gasteiger partial charge in [-0.25, -0.2) is 0 Å². The van der Waals surface area contributed by atoms with E-state index >= 15 is 0 Å². The zero-order valence-corrected chi connectivity index (χ0v) is 11.0. The standard InChI is InChI=1S/C13H16N2OS/c1-9-7-12(17-10(9)2)13(16)15-6-4-3-5-11(15)8-14/h7,11H,3-6H2,1-2H3. The highest BCUT2D eigenvalue weighted by atomic mass is 32.1. The van der Waals surface area contributed by atoms with Crippen LogP contribution in [-0.2, 0) is 0 Å². The SMILES string of the molecule is Cc1cc(C(=O)N2CCCCC2C#N)sc1C. The molecule has 1 unspecified atom stereocenters. The smallest absolute Gasteiger partial charge is 0.265 e. The molecule has 17 heavy (non-hydrogen) atoms. The number of nitrogens with zero attached hydrogens (tertiary/aromatic N) is 2. The molecule has 1 aromatic heterocycles. The van der Waals surface area contributed by atoms with E-state index in [-0.39, 0.29) is 11.9 Å². The lowest BCUT2D eigenvalue weighted by Crippen LogP contribution is -2.42. The first-order chi connectivity index (χ1) is 8.13. The number of thiophene rings is 1. The Morgan fingerprint density at radius 3 is 2.88 bits per heavy atom. The molecule has 4 heteroatoms. The van der Waals surface area contributed by atoms with Gasteiger partial charge in [-0.15, -0.1) is 11.3 Å². The molecule has 1 saturated heterocycles. The number of likely N-dealkylation sites (tertiary alicyclic amines) is 1. The van der Waals surface area contributed by atoms with Gasteiger partial charge in [0.25, 0.3) is 5.91 Å². The van der Waals surface area contributed by atoms with Crippen molar-refractivity contribution in [2.24, 2.45) is 0 Å². The highest BCUT2D eigenvalue weighted by Gasteiger charge is 2.28. The van der Waals surface area contributed by atoms with Crippen LogP contribution in [-0.4, -0.2) is 23.4 Å². The molecule has 0 aliphatic carbocycles. The second kappa shape index (κ2) is 4.89. The summed E-state index contributed by atoms with van der Waals surface area (Å²) >= 11 is 1.53. The normalized spacial score (nSPS) is 20.1. The lowest BCUT2D eigenvalue weighted by molar-refractivity contribution is 0.0675. The first kappa shape index (κ1) is 12.1. The fourth-order valence-electron chi connectivity index (χ4n) is 2.13. The third kappa shape index (κ3) is 2.34. The summed E-state index contributed by atoms with van der Waals surface area (Å²) in [6, 6.07) is 3.93. The molecule has 2 heterocycles. The quantitative estimate of drug-likeness (QED) is 0.767. The number of rotatable bonds is 1. The van der Waals surface area contributed by atoms with Gasteiger partial charge >= 0.3 is 0 Å². The number of aryl methyl sites for hydroxylation is 2. The maximum absolute atomic E-state index is 12.3. The first-order valence-corrected chi connectivity index (χ1v) is 6.72. The summed E-state index contributed by atoms with van der Waals surface area (Å²) in [5, 5.41) is 9.08. The van der Waals surface area contributed by atoms with Crippen LogP contribution >= 0.6 is 11.3 Å². The van der Waals surface area contributed by atoms with E-state index in [0.717, 1.165) is 29.7 Å². The van der Waals surface area contributed by atoms with Crippen molar-refractivity contribution in [2.75, 3.05) is 6.54 Å². The largest absolute Gasteiger partial charge is 0.322 e. The third-order valence-electron chi connectivity index (χ3n) is 3.29. The Morgan fingerprint density at radius 2 is 2.29 bits per heavy atom. The van der Waals surface area contributed by atoms with Crippen molar-refractivity contribution in [3.05, 3.63) is 21.4 Å². The van der Waals surface area contributed by atoms with Crippen molar-refractivity contribution in [3.63, 3.8) is 0 Å². The van der Waals surface area contributed by atoms with Crippen molar-refractivity contribution in [1.82, 2.24) is 4.90 Å². The lowest BCUT2D eigenvalue weighted by Gasteiger charge is -2.30. The average molecular weight is 248 g/mol. The molecule has 1 aliphatic heterocycles. The number of carbonyl (C=O) groups is 1. The second-order valence-electron chi connectivity index (χ2n) is 4.49. The Balaban J connectivity index is 2.21. The van der Waals surface area contributed by atoms with E-state index in [1.54, 1.807) is 4.90 Å². The summed E-state index contributed by atoms with van der Waals surface area (Å²) in [4.78, 5) is 16.0. The van der Waals surface area contributed by atoms with Gasteiger partial charge in [0.1, 0.15) is 6.04 Å². The van der Waals surface area contributed by atoms with E-state index in [1.807, 2.05) is 19.9 Å². The molecule has 1 fully saturated rings. The summed E-state index contributed by atoms with van der Waals surface area (Å²) < 4.78 is 0. The summed E-state index contributed by atoms with van der Waals surface area (Å²) in [6.45, 7) is 4.75. The highest BCUT2D eigenvalue weighted by Crippen LogP contribution is 2.25. The topological polar surface area (TPSA) is 44.1 Å². The van der Waals surface area contributed by atoms with Crippen LogP contribution in [0.5, 0.6) is 0 Å². The highest BCUT2D eigenvalue weighted by molar-refractivity contribution is 7.14. The van der Waals surface area contributed by atoms with Crippen LogP contribution in [0.15, 0.2) is 6.07 Å². The van der Waals surface area contributed by atoms with Crippen molar-refractivity contribution < 1.29 is 4.79 Å². The van der Waals surface area contributed by atoms with Crippen LogP contribution in [0.2, 0.25) is 0 Å². The molecule has 90 valence electrons. The molecule has 1 atom stereocenters. The van der Waals surface area contributed by atoms with E-state index in [9.17, 15) is 4.79 Å². The second-order valence-corrected chi connectivity index (χ2v) is 5.75. The Hall–Kier alpha value is -1.34. The van der Waals surface area contributed by atoms with Crippen molar-refractivity contribution in [1.29, 1.82) is 5.26 Å². The van der Waals surface area contributed by atoms with Gasteiger partial charge in [0.15, 0.2) is 0 Å². The molecule has 0 saturated carbocycles. The maximum atomic E-state index is 12.3. The predicted octanol–water partition coefficient (Wildman–Crippen LogP) is 2.88. The van der Waals surface area contributed by atoms with Crippen LogP contribution in [0.1, 0.15) is 39.4 Å². The fourth-order valence-corrected chi connectivity index (χ4v) is 3.12. The molecule has 0 aromatic carbocycles. The van der Waals surface area contributed by atoms with Gasteiger partial charge in [0.2, 0.25) is 0 Å². The van der Waals surface area contributed by atoms with Crippen molar-refractivity contribution in [2.45, 2.75) is 39.2 Å². The summed E-state index contributed by atoms with van der Waals surface area (Å²) in [5.74, 6) is 0.0254. The zero-order valence-electron chi connectivity index (χ0n) is 10.2. The van der Waals surface area contributed by atoms with Gasteiger partial charge in [-0.3, -0.25) is 4.79 Å². The summed E-state index contributed by atoms with van der Waals surface area (Å²) in [6.07, 6.45) is 2.86. The molecule has 1 aromatic rings. The van der Waals surface area contributed by atoms with Gasteiger partial charge < -0.3 is 4.90 Å². The van der Waals surface area contributed by atoms with Crippen LogP contribution in [0.4, 0.5) is 0 Å². The number of hydrogen-bond acceptors (Lipinski definition) is 3. The molecule has 0 radical (unpaired) electrons. The molecule has 0 spiro atoms. The molecule has 0 bridgehead atoms. The van der Waals surface area contributed by atoms with E-state index in [2.05, 4.69) is 6.07 Å². The monoisotopic (exact) mass is 248 g/mol. The van der Waals surface area contributed by atoms with Crippen LogP contribution in [0.25, 0.3) is 0 Å². The van der Waals surface area contributed by atoms with Crippen LogP contribution in [0, 0.1) is 25.2 Å². The third-order valence-corrected chi connectivity index (χ3v) is 4.43. The van der Waals surface area contributed by atoms with Crippen molar-refractivity contribution in [3.8, 4) is 6.07 Å². The van der Waals surface area contributed by atoms with Crippen LogP contribution in [0.3, 0.4) is 0 Å². The van der Waals surface area contributed by atoms with Crippen molar-refractivity contribution >= 4 is 17.2 Å². The molecule has 1 aliphatic rings.